The van der Waals surface area contributed by atoms with E-state index < -0.39 is 0 Å². The van der Waals surface area contributed by atoms with E-state index >= 15 is 0 Å². The highest BCUT2D eigenvalue weighted by molar-refractivity contribution is 8.00. The van der Waals surface area contributed by atoms with Crippen LogP contribution in [0, 0.1) is 13.8 Å². The minimum Gasteiger partial charge on any atom is -0.508 e. The van der Waals surface area contributed by atoms with Crippen molar-refractivity contribution in [2.45, 2.75) is 25.6 Å². The van der Waals surface area contributed by atoms with Gasteiger partial charge in [0.15, 0.2) is 0 Å². The molecule has 1 saturated heterocycles. The summed E-state index contributed by atoms with van der Waals surface area (Å²) >= 11 is 1.61. The van der Waals surface area contributed by atoms with Crippen molar-refractivity contribution in [1.29, 1.82) is 0 Å². The van der Waals surface area contributed by atoms with Crippen LogP contribution >= 0.6 is 11.8 Å². The molecule has 1 unspecified atom stereocenters. The van der Waals surface area contributed by atoms with E-state index in [0.717, 1.165) is 29.1 Å². The molecular formula is C17H19NO3S. The lowest BCUT2D eigenvalue weighted by Gasteiger charge is -2.22. The molecule has 1 fully saturated rings. The van der Waals surface area contributed by atoms with Gasteiger partial charge >= 0.3 is 0 Å². The van der Waals surface area contributed by atoms with Crippen LogP contribution in [0.4, 0.5) is 0 Å². The second kappa shape index (κ2) is 6.08. The number of hydrogen-bond acceptors (Lipinski definition) is 4. The van der Waals surface area contributed by atoms with Crippen LogP contribution < -0.4 is 0 Å². The molecule has 0 saturated carbocycles. The van der Waals surface area contributed by atoms with Crippen molar-refractivity contribution in [2.75, 3.05) is 12.3 Å². The summed E-state index contributed by atoms with van der Waals surface area (Å²) in [5, 5.41) is 9.29. The number of benzene rings is 1. The Morgan fingerprint density at radius 3 is 2.68 bits per heavy atom. The summed E-state index contributed by atoms with van der Waals surface area (Å²) in [6.45, 7) is 4.62. The summed E-state index contributed by atoms with van der Waals surface area (Å²) in [5.74, 6) is 2.68. The number of aromatic hydroxyl groups is 1. The normalized spacial score (nSPS) is 18.2. The fourth-order valence-corrected chi connectivity index (χ4v) is 3.72. The van der Waals surface area contributed by atoms with Crippen LogP contribution in [0.25, 0.3) is 0 Å². The zero-order valence-electron chi connectivity index (χ0n) is 12.7. The van der Waals surface area contributed by atoms with Gasteiger partial charge in [-0.25, -0.2) is 0 Å². The monoisotopic (exact) mass is 317 g/mol. The lowest BCUT2D eigenvalue weighted by molar-refractivity contribution is -0.128. The van der Waals surface area contributed by atoms with Gasteiger partial charge in [0.1, 0.15) is 22.6 Å². The van der Waals surface area contributed by atoms with E-state index in [1.165, 1.54) is 0 Å². The molecule has 1 amide bonds. The second-order valence-corrected chi connectivity index (χ2v) is 6.62. The molecule has 1 aromatic carbocycles. The van der Waals surface area contributed by atoms with Gasteiger partial charge in [-0.1, -0.05) is 12.1 Å². The van der Waals surface area contributed by atoms with Crippen molar-refractivity contribution in [2.24, 2.45) is 0 Å². The molecule has 1 aliphatic rings. The Kier molecular flexibility index (Phi) is 4.16. The summed E-state index contributed by atoms with van der Waals surface area (Å²) in [6, 6.07) is 9.15. The Morgan fingerprint density at radius 1 is 1.32 bits per heavy atom. The number of phenols is 1. The molecule has 116 valence electrons. The lowest BCUT2D eigenvalue weighted by Crippen LogP contribution is -2.30. The highest BCUT2D eigenvalue weighted by atomic mass is 32.2. The van der Waals surface area contributed by atoms with E-state index in [1.807, 2.05) is 36.9 Å². The maximum atomic E-state index is 12.1. The highest BCUT2D eigenvalue weighted by Gasteiger charge is 2.34. The zero-order chi connectivity index (χ0) is 15.7. The first-order valence-electron chi connectivity index (χ1n) is 7.30. The number of aryl methyl sites for hydroxylation is 2. The van der Waals surface area contributed by atoms with Crippen molar-refractivity contribution in [3.05, 3.63) is 53.0 Å². The molecule has 5 heteroatoms. The highest BCUT2D eigenvalue weighted by Crippen LogP contribution is 2.40. The molecule has 4 nitrogen and oxygen atoms in total. The Balaban J connectivity index is 1.72. The standard InChI is InChI=1S/C17H19NO3S/c1-11-9-15(21-12(11)2)17-18(16(20)10-22-17)8-7-13-3-5-14(19)6-4-13/h3-6,9,17,19H,7-8,10H2,1-2H3. The maximum absolute atomic E-state index is 12.1. The number of thioether (sulfide) groups is 1. The van der Waals surface area contributed by atoms with Crippen LogP contribution in [0.5, 0.6) is 5.75 Å². The van der Waals surface area contributed by atoms with Crippen molar-refractivity contribution >= 4 is 17.7 Å². The van der Waals surface area contributed by atoms with Gasteiger partial charge in [-0.2, -0.15) is 0 Å². The SMILES string of the molecule is Cc1cc(C2SCC(=O)N2CCc2ccc(O)cc2)oc1C. The van der Waals surface area contributed by atoms with Crippen LogP contribution in [-0.4, -0.2) is 28.2 Å². The minimum absolute atomic E-state index is 0.0305. The second-order valence-electron chi connectivity index (χ2n) is 5.55. The quantitative estimate of drug-likeness (QED) is 0.939. The summed E-state index contributed by atoms with van der Waals surface area (Å²) in [6.07, 6.45) is 0.766. The molecule has 2 aromatic rings. The first kappa shape index (κ1) is 15.0. The number of carbonyl (C=O) groups excluding carboxylic acids is 1. The van der Waals surface area contributed by atoms with Crippen LogP contribution in [0.3, 0.4) is 0 Å². The number of nitrogens with zero attached hydrogens (tertiary/aromatic N) is 1. The van der Waals surface area contributed by atoms with Crippen LogP contribution in [0.1, 0.15) is 28.0 Å². The summed E-state index contributed by atoms with van der Waals surface area (Å²) < 4.78 is 5.80. The van der Waals surface area contributed by atoms with Gasteiger partial charge in [0, 0.05) is 6.54 Å². The number of carbonyl (C=O) groups is 1. The fraction of sp³-hybridized carbons (Fsp3) is 0.353. The van der Waals surface area contributed by atoms with E-state index in [4.69, 9.17) is 4.42 Å². The molecule has 22 heavy (non-hydrogen) atoms. The minimum atomic E-state index is -0.0305. The van der Waals surface area contributed by atoms with E-state index in [0.29, 0.717) is 12.3 Å². The van der Waals surface area contributed by atoms with E-state index in [2.05, 4.69) is 0 Å². The molecule has 3 rings (SSSR count). The van der Waals surface area contributed by atoms with Gasteiger partial charge in [-0.05, 0) is 49.6 Å². The van der Waals surface area contributed by atoms with Crippen LogP contribution in [0.2, 0.25) is 0 Å². The third kappa shape index (κ3) is 2.99. The number of amides is 1. The number of rotatable bonds is 4. The van der Waals surface area contributed by atoms with Crippen molar-refractivity contribution in [3.63, 3.8) is 0 Å². The Labute approximate surface area is 134 Å². The van der Waals surface area contributed by atoms with Gasteiger partial charge in [-0.3, -0.25) is 4.79 Å². The third-order valence-corrected chi connectivity index (χ3v) is 5.19. The number of furan rings is 1. The van der Waals surface area contributed by atoms with E-state index in [9.17, 15) is 9.90 Å². The van der Waals surface area contributed by atoms with Gasteiger partial charge in [0.2, 0.25) is 5.91 Å². The summed E-state index contributed by atoms with van der Waals surface area (Å²) in [5.41, 5.74) is 2.22. The molecule has 0 radical (unpaired) electrons. The summed E-state index contributed by atoms with van der Waals surface area (Å²) in [7, 11) is 0. The maximum Gasteiger partial charge on any atom is 0.233 e. The largest absolute Gasteiger partial charge is 0.508 e. The van der Waals surface area contributed by atoms with Crippen molar-refractivity contribution < 1.29 is 14.3 Å². The number of hydrogen-bond donors (Lipinski definition) is 1. The molecule has 0 aliphatic carbocycles. The molecule has 1 atom stereocenters. The van der Waals surface area contributed by atoms with Crippen molar-refractivity contribution in [3.8, 4) is 5.75 Å². The first-order chi connectivity index (χ1) is 10.5. The molecule has 1 aromatic heterocycles. The van der Waals surface area contributed by atoms with Gasteiger partial charge in [0.05, 0.1) is 5.75 Å². The Bertz CT molecular complexity index is 658. The zero-order valence-corrected chi connectivity index (χ0v) is 13.5. The summed E-state index contributed by atoms with van der Waals surface area (Å²) in [4.78, 5) is 14.0. The topological polar surface area (TPSA) is 53.7 Å². The Morgan fingerprint density at radius 2 is 2.05 bits per heavy atom. The number of phenolic OH excluding ortho intramolecular Hbond substituents is 1. The molecule has 0 spiro atoms. The van der Waals surface area contributed by atoms with Gasteiger partial charge in [-0.15, -0.1) is 11.8 Å². The predicted molar refractivity (Wildman–Crippen MR) is 86.9 cm³/mol. The molecule has 1 aliphatic heterocycles. The lowest BCUT2D eigenvalue weighted by atomic mass is 10.1. The smallest absolute Gasteiger partial charge is 0.233 e. The van der Waals surface area contributed by atoms with Crippen LogP contribution in [0.15, 0.2) is 34.7 Å². The molecular weight excluding hydrogens is 298 g/mol. The average Bonchev–Trinajstić information content (AvgIpc) is 3.02. The van der Waals surface area contributed by atoms with Crippen molar-refractivity contribution in [1.82, 2.24) is 4.90 Å². The fourth-order valence-electron chi connectivity index (χ4n) is 2.57. The molecule has 1 N–H and O–H groups in total. The van der Waals surface area contributed by atoms with E-state index in [1.54, 1.807) is 23.9 Å². The van der Waals surface area contributed by atoms with Gasteiger partial charge in [0.25, 0.3) is 0 Å². The third-order valence-electron chi connectivity index (χ3n) is 3.97. The first-order valence-corrected chi connectivity index (χ1v) is 8.35. The molecule has 2 heterocycles. The van der Waals surface area contributed by atoms with Gasteiger partial charge < -0.3 is 14.4 Å². The van der Waals surface area contributed by atoms with Crippen LogP contribution in [-0.2, 0) is 11.2 Å². The Hall–Kier alpha value is -1.88. The average molecular weight is 317 g/mol. The molecule has 0 bridgehead atoms. The van der Waals surface area contributed by atoms with E-state index in [-0.39, 0.29) is 17.0 Å². The predicted octanol–water partition coefficient (Wildman–Crippen LogP) is 3.42.